The fourth-order valence-corrected chi connectivity index (χ4v) is 4.02. The first-order chi connectivity index (χ1) is 13.6. The Morgan fingerprint density at radius 2 is 2.11 bits per heavy atom. The molecule has 0 radical (unpaired) electrons. The van der Waals surface area contributed by atoms with E-state index in [4.69, 9.17) is 9.72 Å². The summed E-state index contributed by atoms with van der Waals surface area (Å²) in [5.74, 6) is 0.736. The van der Waals surface area contributed by atoms with Gasteiger partial charge in [0.15, 0.2) is 5.69 Å². The molecule has 0 aromatic carbocycles. The lowest BCUT2D eigenvalue weighted by Gasteiger charge is -2.42. The SMILES string of the molecule is CCCN1C(=O)OCC12CCN(c1cnc(C#N)c(-c3cnn(C)c3)n1)CC2. The fourth-order valence-electron chi connectivity index (χ4n) is 4.02. The highest BCUT2D eigenvalue weighted by Crippen LogP contribution is 2.36. The van der Waals surface area contributed by atoms with Crippen molar-refractivity contribution in [1.82, 2.24) is 24.6 Å². The Kier molecular flexibility index (Phi) is 4.63. The molecule has 146 valence electrons. The van der Waals surface area contributed by atoms with Gasteiger partial charge in [-0.3, -0.25) is 9.58 Å². The minimum Gasteiger partial charge on any atom is -0.447 e. The molecule has 0 bridgehead atoms. The number of hydrogen-bond donors (Lipinski definition) is 0. The van der Waals surface area contributed by atoms with E-state index in [1.807, 2.05) is 18.1 Å². The summed E-state index contributed by atoms with van der Waals surface area (Å²) in [6.07, 6.45) is 7.51. The van der Waals surface area contributed by atoms with Crippen LogP contribution < -0.4 is 4.90 Å². The maximum atomic E-state index is 12.1. The molecule has 1 amide bonds. The number of amides is 1. The Morgan fingerprint density at radius 1 is 1.32 bits per heavy atom. The monoisotopic (exact) mass is 381 g/mol. The van der Waals surface area contributed by atoms with Crippen molar-refractivity contribution in [2.24, 2.45) is 7.05 Å². The Morgan fingerprint density at radius 3 is 2.75 bits per heavy atom. The van der Waals surface area contributed by atoms with Crippen molar-refractivity contribution in [2.45, 2.75) is 31.7 Å². The van der Waals surface area contributed by atoms with Crippen molar-refractivity contribution in [1.29, 1.82) is 5.26 Å². The quantitative estimate of drug-likeness (QED) is 0.798. The number of nitriles is 1. The first-order valence-corrected chi connectivity index (χ1v) is 9.52. The number of carbonyl (C=O) groups excluding carboxylic acids is 1. The van der Waals surface area contributed by atoms with E-state index < -0.39 is 0 Å². The second kappa shape index (κ2) is 7.11. The van der Waals surface area contributed by atoms with E-state index in [-0.39, 0.29) is 17.3 Å². The number of aryl methyl sites for hydroxylation is 1. The van der Waals surface area contributed by atoms with Crippen LogP contribution in [0.4, 0.5) is 10.6 Å². The molecule has 2 aromatic heterocycles. The molecule has 2 aliphatic rings. The van der Waals surface area contributed by atoms with Crippen molar-refractivity contribution in [3.8, 4) is 17.3 Å². The molecule has 9 heteroatoms. The van der Waals surface area contributed by atoms with Crippen molar-refractivity contribution < 1.29 is 9.53 Å². The number of piperidine rings is 1. The Labute approximate surface area is 163 Å². The number of anilines is 1. The summed E-state index contributed by atoms with van der Waals surface area (Å²) in [5, 5.41) is 13.6. The zero-order valence-corrected chi connectivity index (χ0v) is 16.1. The molecule has 1 spiro atoms. The molecule has 0 N–H and O–H groups in total. The normalized spacial score (nSPS) is 18.4. The molecule has 0 saturated carbocycles. The van der Waals surface area contributed by atoms with Crippen LogP contribution in [0, 0.1) is 11.3 Å². The molecule has 2 saturated heterocycles. The maximum Gasteiger partial charge on any atom is 0.410 e. The molecule has 2 fully saturated rings. The number of rotatable bonds is 4. The fraction of sp³-hybridized carbons (Fsp3) is 0.526. The predicted octanol–water partition coefficient (Wildman–Crippen LogP) is 1.95. The van der Waals surface area contributed by atoms with Gasteiger partial charge in [0, 0.05) is 38.4 Å². The lowest BCUT2D eigenvalue weighted by Crippen LogP contribution is -2.54. The second-order valence-electron chi connectivity index (χ2n) is 7.36. The van der Waals surface area contributed by atoms with Gasteiger partial charge in [-0.05, 0) is 19.3 Å². The van der Waals surface area contributed by atoms with Crippen LogP contribution in [-0.4, -0.2) is 62.5 Å². The van der Waals surface area contributed by atoms with Gasteiger partial charge in [-0.2, -0.15) is 10.4 Å². The smallest absolute Gasteiger partial charge is 0.410 e. The molecule has 28 heavy (non-hydrogen) atoms. The summed E-state index contributed by atoms with van der Waals surface area (Å²) in [6, 6.07) is 2.11. The van der Waals surface area contributed by atoms with Crippen LogP contribution in [0.3, 0.4) is 0 Å². The number of cyclic esters (lactones) is 1. The van der Waals surface area contributed by atoms with Crippen LogP contribution in [0.1, 0.15) is 31.9 Å². The third-order valence-corrected chi connectivity index (χ3v) is 5.57. The minimum absolute atomic E-state index is 0.202. The van der Waals surface area contributed by atoms with E-state index in [9.17, 15) is 10.1 Å². The summed E-state index contributed by atoms with van der Waals surface area (Å²) in [7, 11) is 1.82. The van der Waals surface area contributed by atoms with Crippen LogP contribution >= 0.6 is 0 Å². The van der Waals surface area contributed by atoms with Crippen molar-refractivity contribution in [3.05, 3.63) is 24.3 Å². The lowest BCUT2D eigenvalue weighted by atomic mass is 9.87. The average molecular weight is 381 g/mol. The number of nitrogens with zero attached hydrogens (tertiary/aromatic N) is 7. The molecular weight excluding hydrogens is 358 g/mol. The van der Waals surface area contributed by atoms with Crippen LogP contribution in [0.5, 0.6) is 0 Å². The van der Waals surface area contributed by atoms with Gasteiger partial charge in [-0.15, -0.1) is 0 Å². The number of carbonyl (C=O) groups is 1. The Balaban J connectivity index is 1.55. The molecule has 0 aliphatic carbocycles. The van der Waals surface area contributed by atoms with Gasteiger partial charge in [0.1, 0.15) is 24.2 Å². The van der Waals surface area contributed by atoms with E-state index in [1.54, 1.807) is 17.1 Å². The molecular formula is C19H23N7O2. The van der Waals surface area contributed by atoms with Gasteiger partial charge < -0.3 is 9.64 Å². The number of hydrogen-bond acceptors (Lipinski definition) is 7. The van der Waals surface area contributed by atoms with Crippen LogP contribution in [0.25, 0.3) is 11.3 Å². The van der Waals surface area contributed by atoms with Gasteiger partial charge in [0.25, 0.3) is 0 Å². The average Bonchev–Trinajstić information content (AvgIpc) is 3.27. The summed E-state index contributed by atoms with van der Waals surface area (Å²) in [4.78, 5) is 25.2. The molecule has 2 aliphatic heterocycles. The highest BCUT2D eigenvalue weighted by Gasteiger charge is 2.48. The van der Waals surface area contributed by atoms with Crippen LogP contribution in [0.15, 0.2) is 18.6 Å². The van der Waals surface area contributed by atoms with Crippen molar-refractivity contribution >= 4 is 11.9 Å². The van der Waals surface area contributed by atoms with E-state index in [0.717, 1.165) is 50.3 Å². The summed E-state index contributed by atoms with van der Waals surface area (Å²) in [6.45, 7) is 4.76. The van der Waals surface area contributed by atoms with Gasteiger partial charge in [0.2, 0.25) is 0 Å². The lowest BCUT2D eigenvalue weighted by molar-refractivity contribution is 0.131. The first kappa shape index (κ1) is 18.2. The molecule has 0 atom stereocenters. The van der Waals surface area contributed by atoms with E-state index >= 15 is 0 Å². The standard InChI is InChI=1S/C19H23N7O2/c1-3-6-26-18(27)28-13-19(26)4-7-25(8-5-19)16-11-21-15(9-20)17(23-16)14-10-22-24(2)12-14/h10-12H,3-8,13H2,1-2H3. The van der Waals surface area contributed by atoms with Crippen LogP contribution in [0.2, 0.25) is 0 Å². The van der Waals surface area contributed by atoms with E-state index in [2.05, 4.69) is 28.0 Å². The number of aromatic nitrogens is 4. The molecule has 4 heterocycles. The van der Waals surface area contributed by atoms with E-state index in [0.29, 0.717) is 12.3 Å². The van der Waals surface area contributed by atoms with Gasteiger partial charge in [-0.1, -0.05) is 6.92 Å². The highest BCUT2D eigenvalue weighted by molar-refractivity contribution is 5.71. The predicted molar refractivity (Wildman–Crippen MR) is 101 cm³/mol. The molecule has 2 aromatic rings. The molecule has 9 nitrogen and oxygen atoms in total. The van der Waals surface area contributed by atoms with Gasteiger partial charge >= 0.3 is 6.09 Å². The number of ether oxygens (including phenoxy) is 1. The maximum absolute atomic E-state index is 12.1. The Hall–Kier alpha value is -3.15. The van der Waals surface area contributed by atoms with E-state index in [1.165, 1.54) is 0 Å². The largest absolute Gasteiger partial charge is 0.447 e. The van der Waals surface area contributed by atoms with Crippen molar-refractivity contribution in [2.75, 3.05) is 31.1 Å². The second-order valence-corrected chi connectivity index (χ2v) is 7.36. The van der Waals surface area contributed by atoms with Gasteiger partial charge in [-0.25, -0.2) is 14.8 Å². The Bertz CT molecular complexity index is 925. The zero-order valence-electron chi connectivity index (χ0n) is 16.1. The zero-order chi connectivity index (χ0) is 19.7. The third-order valence-electron chi connectivity index (χ3n) is 5.57. The summed E-state index contributed by atoms with van der Waals surface area (Å²) in [5.41, 5.74) is 1.39. The minimum atomic E-state index is -0.213. The summed E-state index contributed by atoms with van der Waals surface area (Å²) < 4.78 is 7.03. The molecule has 0 unspecified atom stereocenters. The molecule has 4 rings (SSSR count). The summed E-state index contributed by atoms with van der Waals surface area (Å²) >= 11 is 0. The highest BCUT2D eigenvalue weighted by atomic mass is 16.6. The van der Waals surface area contributed by atoms with Gasteiger partial charge in [0.05, 0.1) is 17.9 Å². The first-order valence-electron chi connectivity index (χ1n) is 9.52. The topological polar surface area (TPSA) is 100 Å². The van der Waals surface area contributed by atoms with Crippen LogP contribution in [-0.2, 0) is 11.8 Å². The van der Waals surface area contributed by atoms with Crippen molar-refractivity contribution in [3.63, 3.8) is 0 Å². The third kappa shape index (κ3) is 3.05.